The van der Waals surface area contributed by atoms with Crippen LogP contribution >= 0.6 is 7.60 Å². The third kappa shape index (κ3) is 8.51. The van der Waals surface area contributed by atoms with Gasteiger partial charge in [0.15, 0.2) is 0 Å². The number of carboxylic acid groups (broad SMARTS) is 1. The quantitative estimate of drug-likeness (QED) is 0.593. The Hall–Kier alpha value is -0.660. The molecule has 0 aromatic heterocycles. The lowest BCUT2D eigenvalue weighted by molar-refractivity contribution is -0.0950. The summed E-state index contributed by atoms with van der Waals surface area (Å²) in [4.78, 5) is 13.1. The van der Waals surface area contributed by atoms with Gasteiger partial charge in [0.05, 0.1) is 37.2 Å². The standard InChI is InChI=1S/C16H33N2O6P/c1-6-22-25(21,23-7-2)11-10-18-9-8-13(24-16(3,4)5)12-14(18)17-15(19)20/h13-14,17H,6-12H2,1-5H3,(H,19,20). The molecule has 1 saturated heterocycles. The van der Waals surface area contributed by atoms with Gasteiger partial charge in [-0.25, -0.2) is 4.79 Å². The Morgan fingerprint density at radius 1 is 1.28 bits per heavy atom. The Morgan fingerprint density at radius 3 is 2.36 bits per heavy atom. The molecule has 1 aliphatic heterocycles. The number of likely N-dealkylation sites (tertiary alicyclic amines) is 1. The third-order valence-corrected chi connectivity index (χ3v) is 5.84. The van der Waals surface area contributed by atoms with E-state index in [-0.39, 0.29) is 24.0 Å². The van der Waals surface area contributed by atoms with E-state index in [9.17, 15) is 9.36 Å². The lowest BCUT2D eigenvalue weighted by Crippen LogP contribution is -2.55. The van der Waals surface area contributed by atoms with Gasteiger partial charge >= 0.3 is 13.7 Å². The average Bonchev–Trinajstić information content (AvgIpc) is 2.44. The second kappa shape index (κ2) is 9.88. The van der Waals surface area contributed by atoms with Crippen molar-refractivity contribution in [3.05, 3.63) is 0 Å². The first kappa shape index (κ1) is 22.4. The Bertz CT molecular complexity index is 458. The van der Waals surface area contributed by atoms with Crippen LogP contribution in [0.15, 0.2) is 0 Å². The second-order valence-corrected chi connectivity index (χ2v) is 9.23. The Kier molecular flexibility index (Phi) is 8.84. The van der Waals surface area contributed by atoms with Crippen LogP contribution in [0.4, 0.5) is 4.79 Å². The number of hydrogen-bond donors (Lipinski definition) is 2. The van der Waals surface area contributed by atoms with E-state index in [4.69, 9.17) is 18.9 Å². The van der Waals surface area contributed by atoms with E-state index in [1.807, 2.05) is 25.7 Å². The summed E-state index contributed by atoms with van der Waals surface area (Å²) >= 11 is 0. The smallest absolute Gasteiger partial charge is 0.405 e. The van der Waals surface area contributed by atoms with Crippen LogP contribution in [0.2, 0.25) is 0 Å². The van der Waals surface area contributed by atoms with Gasteiger partial charge in [-0.1, -0.05) is 0 Å². The van der Waals surface area contributed by atoms with Crippen LogP contribution < -0.4 is 5.32 Å². The fraction of sp³-hybridized carbons (Fsp3) is 0.938. The maximum atomic E-state index is 12.6. The summed E-state index contributed by atoms with van der Waals surface area (Å²) in [5.74, 6) is 0. The zero-order chi connectivity index (χ0) is 19.1. The van der Waals surface area contributed by atoms with Crippen LogP contribution in [0.3, 0.4) is 0 Å². The molecule has 148 valence electrons. The van der Waals surface area contributed by atoms with Crippen molar-refractivity contribution in [2.24, 2.45) is 0 Å². The van der Waals surface area contributed by atoms with E-state index in [1.54, 1.807) is 13.8 Å². The number of nitrogens with one attached hydrogen (secondary N) is 1. The molecule has 1 heterocycles. The zero-order valence-corrected chi connectivity index (χ0v) is 16.9. The van der Waals surface area contributed by atoms with E-state index >= 15 is 0 Å². The molecule has 0 aromatic rings. The molecule has 1 rings (SSSR count). The molecule has 9 heteroatoms. The molecule has 1 fully saturated rings. The monoisotopic (exact) mass is 380 g/mol. The third-order valence-electron chi connectivity index (χ3n) is 3.79. The SMILES string of the molecule is CCOP(=O)(CCN1CCC(OC(C)(C)C)CC1NC(=O)O)OCC. The van der Waals surface area contributed by atoms with E-state index in [0.717, 1.165) is 6.42 Å². The van der Waals surface area contributed by atoms with Crippen LogP contribution in [0.25, 0.3) is 0 Å². The van der Waals surface area contributed by atoms with Crippen LogP contribution in [0.1, 0.15) is 47.5 Å². The van der Waals surface area contributed by atoms with Crippen LogP contribution in [-0.4, -0.2) is 66.4 Å². The molecule has 0 spiro atoms. The Labute approximate surface area is 150 Å². The van der Waals surface area contributed by atoms with Gasteiger partial charge in [-0.3, -0.25) is 9.46 Å². The minimum Gasteiger partial charge on any atom is -0.465 e. The van der Waals surface area contributed by atoms with Crippen molar-refractivity contribution in [1.82, 2.24) is 10.2 Å². The molecule has 25 heavy (non-hydrogen) atoms. The maximum Gasteiger partial charge on any atom is 0.405 e. The van der Waals surface area contributed by atoms with Gasteiger partial charge in [-0.2, -0.15) is 0 Å². The summed E-state index contributed by atoms with van der Waals surface area (Å²) in [7, 11) is -3.14. The first-order chi connectivity index (χ1) is 11.6. The number of piperidine rings is 1. The number of nitrogens with zero attached hydrogens (tertiary/aromatic N) is 1. The number of carbonyl (C=O) groups is 1. The molecular formula is C16H33N2O6P. The Balaban J connectivity index is 2.70. The van der Waals surface area contributed by atoms with Gasteiger partial charge < -0.3 is 24.2 Å². The number of amides is 1. The fourth-order valence-corrected chi connectivity index (χ4v) is 4.58. The lowest BCUT2D eigenvalue weighted by atomic mass is 10.0. The van der Waals surface area contributed by atoms with Gasteiger partial charge in [0.2, 0.25) is 0 Å². The predicted octanol–water partition coefficient (Wildman–Crippen LogP) is 3.13. The van der Waals surface area contributed by atoms with Gasteiger partial charge in [0.25, 0.3) is 0 Å². The van der Waals surface area contributed by atoms with Crippen molar-refractivity contribution in [3.8, 4) is 0 Å². The maximum absolute atomic E-state index is 12.6. The summed E-state index contributed by atoms with van der Waals surface area (Å²) in [5, 5.41) is 11.7. The van der Waals surface area contributed by atoms with E-state index < -0.39 is 13.7 Å². The minimum atomic E-state index is -3.14. The Morgan fingerprint density at radius 2 is 1.88 bits per heavy atom. The summed E-state index contributed by atoms with van der Waals surface area (Å²) < 4.78 is 29.2. The van der Waals surface area contributed by atoms with Crippen molar-refractivity contribution >= 4 is 13.7 Å². The molecule has 2 atom stereocenters. The van der Waals surface area contributed by atoms with Crippen LogP contribution in [0, 0.1) is 0 Å². The molecule has 0 saturated carbocycles. The number of hydrogen-bond acceptors (Lipinski definition) is 6. The van der Waals surface area contributed by atoms with Crippen LogP contribution in [0.5, 0.6) is 0 Å². The summed E-state index contributed by atoms with van der Waals surface area (Å²) in [6.07, 6.45) is 0.107. The first-order valence-electron chi connectivity index (χ1n) is 8.88. The van der Waals surface area contributed by atoms with Gasteiger partial charge in [0, 0.05) is 19.5 Å². The normalized spacial score (nSPS) is 22.8. The van der Waals surface area contributed by atoms with Gasteiger partial charge in [0.1, 0.15) is 0 Å². The molecule has 0 aliphatic carbocycles. The van der Waals surface area contributed by atoms with Gasteiger partial charge in [-0.15, -0.1) is 0 Å². The van der Waals surface area contributed by atoms with Gasteiger partial charge in [-0.05, 0) is 41.0 Å². The van der Waals surface area contributed by atoms with Crippen molar-refractivity contribution in [1.29, 1.82) is 0 Å². The molecule has 0 radical (unpaired) electrons. The molecular weight excluding hydrogens is 347 g/mol. The lowest BCUT2D eigenvalue weighted by Gasteiger charge is -2.41. The first-order valence-corrected chi connectivity index (χ1v) is 10.6. The highest BCUT2D eigenvalue weighted by Gasteiger charge is 2.34. The second-order valence-electron chi connectivity index (χ2n) is 7.05. The van der Waals surface area contributed by atoms with Crippen LogP contribution in [-0.2, 0) is 18.3 Å². The summed E-state index contributed by atoms with van der Waals surface area (Å²) in [6, 6.07) is 0. The van der Waals surface area contributed by atoms with E-state index in [2.05, 4.69) is 5.32 Å². The number of ether oxygens (including phenoxy) is 1. The van der Waals surface area contributed by atoms with Crippen molar-refractivity contribution in [2.75, 3.05) is 32.5 Å². The molecule has 0 aromatic carbocycles. The number of rotatable bonds is 9. The minimum absolute atomic E-state index is 0.0151. The average molecular weight is 380 g/mol. The van der Waals surface area contributed by atoms with Crippen molar-refractivity contribution in [2.45, 2.75) is 65.3 Å². The highest BCUT2D eigenvalue weighted by molar-refractivity contribution is 7.53. The molecule has 1 aliphatic rings. The zero-order valence-electron chi connectivity index (χ0n) is 16.0. The predicted molar refractivity (Wildman–Crippen MR) is 96.1 cm³/mol. The summed E-state index contributed by atoms with van der Waals surface area (Å²) in [6.45, 7) is 11.2. The molecule has 1 amide bonds. The van der Waals surface area contributed by atoms with Crippen molar-refractivity contribution in [3.63, 3.8) is 0 Å². The summed E-state index contributed by atoms with van der Waals surface area (Å²) in [5.41, 5.74) is -0.278. The fourth-order valence-electron chi connectivity index (χ4n) is 2.96. The topological polar surface area (TPSA) is 97.3 Å². The largest absolute Gasteiger partial charge is 0.465 e. The van der Waals surface area contributed by atoms with Crippen molar-refractivity contribution < 1.29 is 28.3 Å². The highest BCUT2D eigenvalue weighted by Crippen LogP contribution is 2.47. The molecule has 0 bridgehead atoms. The molecule has 8 nitrogen and oxygen atoms in total. The van der Waals surface area contributed by atoms with E-state index in [0.29, 0.717) is 32.7 Å². The molecule has 2 N–H and O–H groups in total. The highest BCUT2D eigenvalue weighted by atomic mass is 31.2. The van der Waals surface area contributed by atoms with E-state index in [1.165, 1.54) is 0 Å². The molecule has 2 unspecified atom stereocenters.